The lowest BCUT2D eigenvalue weighted by molar-refractivity contribution is 0.240. The van der Waals surface area contributed by atoms with Crippen LogP contribution in [-0.2, 0) is 0 Å². The van der Waals surface area contributed by atoms with E-state index in [2.05, 4.69) is 26.3 Å². The predicted octanol–water partition coefficient (Wildman–Crippen LogP) is 2.14. The second kappa shape index (κ2) is 5.22. The number of rotatable bonds is 1. The molecule has 2 aromatic rings. The zero-order chi connectivity index (χ0) is 14.1. The van der Waals surface area contributed by atoms with Crippen LogP contribution in [0.4, 0.5) is 5.82 Å². The molecule has 1 N–H and O–H groups in total. The molecule has 21 heavy (non-hydrogen) atoms. The van der Waals surface area contributed by atoms with Gasteiger partial charge in [-0.2, -0.15) is 0 Å². The van der Waals surface area contributed by atoms with Crippen molar-refractivity contribution in [1.82, 2.24) is 20.3 Å². The molecule has 3 heterocycles. The van der Waals surface area contributed by atoms with Crippen molar-refractivity contribution in [3.05, 3.63) is 24.5 Å². The van der Waals surface area contributed by atoms with E-state index in [0.29, 0.717) is 0 Å². The van der Waals surface area contributed by atoms with Crippen LogP contribution in [0.3, 0.4) is 0 Å². The topological polar surface area (TPSA) is 53.9 Å². The number of anilines is 1. The minimum Gasteiger partial charge on any atom is -0.348 e. The number of nitrogens with zero attached hydrogens (tertiary/aromatic N) is 4. The highest BCUT2D eigenvalue weighted by Gasteiger charge is 2.40. The number of nitrogens with one attached hydrogen (secondary N) is 1. The van der Waals surface area contributed by atoms with Gasteiger partial charge in [-0.15, -0.1) is 0 Å². The first-order chi connectivity index (χ1) is 10.4. The number of fused-ring (bicyclic) bond motifs is 1. The zero-order valence-corrected chi connectivity index (χ0v) is 12.3. The van der Waals surface area contributed by atoms with Gasteiger partial charge in [0, 0.05) is 32.0 Å². The Kier molecular flexibility index (Phi) is 3.22. The summed E-state index contributed by atoms with van der Waals surface area (Å²) in [4.78, 5) is 16.0. The third-order valence-corrected chi connectivity index (χ3v) is 4.92. The maximum absolute atomic E-state index is 4.77. The van der Waals surface area contributed by atoms with Crippen LogP contribution < -0.4 is 10.2 Å². The molecule has 2 aromatic heterocycles. The molecule has 0 radical (unpaired) electrons. The lowest BCUT2D eigenvalue weighted by atomic mass is 9.79. The van der Waals surface area contributed by atoms with E-state index in [0.717, 1.165) is 36.6 Å². The molecule has 0 amide bonds. The van der Waals surface area contributed by atoms with Crippen LogP contribution in [0.25, 0.3) is 11.2 Å². The van der Waals surface area contributed by atoms with E-state index in [1.165, 1.54) is 32.1 Å². The van der Waals surface area contributed by atoms with Gasteiger partial charge < -0.3 is 10.2 Å². The highest BCUT2D eigenvalue weighted by molar-refractivity contribution is 5.72. The summed E-state index contributed by atoms with van der Waals surface area (Å²) in [7, 11) is 0. The van der Waals surface area contributed by atoms with E-state index in [9.17, 15) is 0 Å². The molecule has 1 spiro atoms. The summed E-state index contributed by atoms with van der Waals surface area (Å²) in [5.41, 5.74) is 1.87. The van der Waals surface area contributed by atoms with Crippen molar-refractivity contribution in [3.8, 4) is 0 Å². The number of aromatic nitrogens is 3. The smallest absolute Gasteiger partial charge is 0.180 e. The highest BCUT2D eigenvalue weighted by Crippen LogP contribution is 2.37. The van der Waals surface area contributed by atoms with E-state index >= 15 is 0 Å². The molecule has 0 atom stereocenters. The normalized spacial score (nSPS) is 21.8. The van der Waals surface area contributed by atoms with Crippen LogP contribution >= 0.6 is 0 Å². The van der Waals surface area contributed by atoms with Gasteiger partial charge in [0.05, 0.1) is 5.54 Å². The van der Waals surface area contributed by atoms with Crippen molar-refractivity contribution < 1.29 is 0 Å². The molecular formula is C16H21N5. The molecule has 0 aromatic carbocycles. The molecule has 2 aliphatic rings. The third kappa shape index (κ3) is 2.25. The first kappa shape index (κ1) is 13.0. The van der Waals surface area contributed by atoms with Gasteiger partial charge in [0.15, 0.2) is 5.65 Å². The molecule has 1 aliphatic carbocycles. The Morgan fingerprint density at radius 3 is 2.81 bits per heavy atom. The van der Waals surface area contributed by atoms with E-state index in [-0.39, 0.29) is 5.54 Å². The predicted molar refractivity (Wildman–Crippen MR) is 83.4 cm³/mol. The Morgan fingerprint density at radius 2 is 1.90 bits per heavy atom. The molecule has 2 fully saturated rings. The minimum atomic E-state index is 0.249. The second-order valence-electron chi connectivity index (χ2n) is 6.18. The van der Waals surface area contributed by atoms with Crippen LogP contribution in [0.2, 0.25) is 0 Å². The fourth-order valence-electron chi connectivity index (χ4n) is 3.85. The maximum atomic E-state index is 4.77. The number of hydrogen-bond acceptors (Lipinski definition) is 5. The average Bonchev–Trinajstić information content (AvgIpc) is 2.56. The lowest BCUT2D eigenvalue weighted by Crippen LogP contribution is -2.62. The monoisotopic (exact) mass is 283 g/mol. The zero-order valence-electron chi connectivity index (χ0n) is 12.3. The molecule has 0 unspecified atom stereocenters. The van der Waals surface area contributed by atoms with Gasteiger partial charge in [0.1, 0.15) is 11.3 Å². The molecule has 1 aliphatic heterocycles. The van der Waals surface area contributed by atoms with Gasteiger partial charge in [0.25, 0.3) is 0 Å². The summed E-state index contributed by atoms with van der Waals surface area (Å²) in [5, 5.41) is 3.58. The molecule has 1 saturated heterocycles. The second-order valence-corrected chi connectivity index (χ2v) is 6.18. The first-order valence-corrected chi connectivity index (χ1v) is 7.94. The standard InChI is InChI=1S/C16H21N5/c1-2-6-16(7-3-1)12-17-10-11-21(16)14-5-4-13-15(20-14)19-9-8-18-13/h4-5,8-9,17H,1-3,6-7,10-12H2. The molecule has 0 bridgehead atoms. The summed E-state index contributed by atoms with van der Waals surface area (Å²) in [6.07, 6.45) is 9.98. The Morgan fingerprint density at radius 1 is 1.05 bits per heavy atom. The van der Waals surface area contributed by atoms with Crippen LogP contribution in [0.15, 0.2) is 24.5 Å². The molecule has 5 heteroatoms. The summed E-state index contributed by atoms with van der Waals surface area (Å²) >= 11 is 0. The van der Waals surface area contributed by atoms with Gasteiger partial charge in [-0.3, -0.25) is 4.98 Å². The Bertz CT molecular complexity index is 627. The summed E-state index contributed by atoms with van der Waals surface area (Å²) in [5.74, 6) is 1.06. The molecule has 110 valence electrons. The van der Waals surface area contributed by atoms with Crippen molar-refractivity contribution in [2.24, 2.45) is 0 Å². The molecule has 4 rings (SSSR count). The summed E-state index contributed by atoms with van der Waals surface area (Å²) < 4.78 is 0. The fraction of sp³-hybridized carbons (Fsp3) is 0.562. The Labute approximate surface area is 124 Å². The van der Waals surface area contributed by atoms with E-state index in [4.69, 9.17) is 4.98 Å². The Hall–Kier alpha value is -1.75. The summed E-state index contributed by atoms with van der Waals surface area (Å²) in [6, 6.07) is 4.15. The third-order valence-electron chi connectivity index (χ3n) is 4.92. The largest absolute Gasteiger partial charge is 0.348 e. The van der Waals surface area contributed by atoms with Crippen LogP contribution in [-0.4, -0.2) is 40.1 Å². The van der Waals surface area contributed by atoms with E-state index < -0.39 is 0 Å². The molecule has 5 nitrogen and oxygen atoms in total. The van der Waals surface area contributed by atoms with Gasteiger partial charge in [-0.25, -0.2) is 9.97 Å². The van der Waals surface area contributed by atoms with Gasteiger partial charge in [0.2, 0.25) is 0 Å². The number of pyridine rings is 1. The van der Waals surface area contributed by atoms with E-state index in [1.54, 1.807) is 12.4 Å². The molecule has 1 saturated carbocycles. The lowest BCUT2D eigenvalue weighted by Gasteiger charge is -2.50. The molecular weight excluding hydrogens is 262 g/mol. The number of hydrogen-bond donors (Lipinski definition) is 1. The van der Waals surface area contributed by atoms with Crippen molar-refractivity contribution in [2.45, 2.75) is 37.6 Å². The van der Waals surface area contributed by atoms with Crippen LogP contribution in [0, 0.1) is 0 Å². The maximum Gasteiger partial charge on any atom is 0.180 e. The van der Waals surface area contributed by atoms with E-state index in [1.807, 2.05) is 6.07 Å². The average molecular weight is 283 g/mol. The van der Waals surface area contributed by atoms with Gasteiger partial charge >= 0.3 is 0 Å². The van der Waals surface area contributed by atoms with Crippen LogP contribution in [0.1, 0.15) is 32.1 Å². The van der Waals surface area contributed by atoms with Crippen molar-refractivity contribution in [2.75, 3.05) is 24.5 Å². The first-order valence-electron chi connectivity index (χ1n) is 7.94. The fourth-order valence-corrected chi connectivity index (χ4v) is 3.85. The Balaban J connectivity index is 1.74. The summed E-state index contributed by atoms with van der Waals surface area (Å²) in [6.45, 7) is 3.13. The van der Waals surface area contributed by atoms with Gasteiger partial charge in [-0.1, -0.05) is 19.3 Å². The quantitative estimate of drug-likeness (QED) is 0.869. The number of piperazine rings is 1. The van der Waals surface area contributed by atoms with Crippen molar-refractivity contribution >= 4 is 17.0 Å². The van der Waals surface area contributed by atoms with Crippen molar-refractivity contribution in [1.29, 1.82) is 0 Å². The van der Waals surface area contributed by atoms with Crippen LogP contribution in [0.5, 0.6) is 0 Å². The minimum absolute atomic E-state index is 0.249. The SMILES string of the molecule is c1cnc2nc(N3CCNCC34CCCCC4)ccc2n1. The highest BCUT2D eigenvalue weighted by atomic mass is 15.3. The van der Waals surface area contributed by atoms with Gasteiger partial charge in [-0.05, 0) is 25.0 Å². The van der Waals surface area contributed by atoms with Crippen molar-refractivity contribution in [3.63, 3.8) is 0 Å².